The van der Waals surface area contributed by atoms with Crippen molar-refractivity contribution in [1.82, 2.24) is 19.5 Å². The van der Waals surface area contributed by atoms with Crippen LogP contribution >= 0.6 is 12.2 Å². The van der Waals surface area contributed by atoms with Gasteiger partial charge in [0.1, 0.15) is 11.3 Å². The number of aromatic nitrogens is 4. The fraction of sp³-hybridized carbons (Fsp3) is 0.0833. The van der Waals surface area contributed by atoms with Crippen LogP contribution in [0.1, 0.15) is 0 Å². The molecule has 0 radical (unpaired) electrons. The van der Waals surface area contributed by atoms with Crippen molar-refractivity contribution in [2.75, 3.05) is 7.11 Å². The summed E-state index contributed by atoms with van der Waals surface area (Å²) in [7, 11) is 1.60. The number of imidazole rings is 1. The van der Waals surface area contributed by atoms with E-state index in [2.05, 4.69) is 15.0 Å². The van der Waals surface area contributed by atoms with E-state index in [0.717, 1.165) is 11.4 Å². The third-order valence-electron chi connectivity index (χ3n) is 2.81. The Morgan fingerprint density at radius 1 is 1.32 bits per heavy atom. The molecule has 1 aromatic carbocycles. The van der Waals surface area contributed by atoms with Gasteiger partial charge in [0.05, 0.1) is 19.1 Å². The molecule has 2 heterocycles. The standard InChI is InChI=1S/C12H10N4O2S/c1-18-8-4-2-7(3-5-8)16-10-9(13-6-14-10)11(17)15-12(16)19/h2-6H,1H3,(H,13,14)(H,15,17,19). The van der Waals surface area contributed by atoms with E-state index in [1.165, 1.54) is 6.33 Å². The van der Waals surface area contributed by atoms with E-state index < -0.39 is 0 Å². The Morgan fingerprint density at radius 2 is 2.05 bits per heavy atom. The zero-order valence-corrected chi connectivity index (χ0v) is 10.8. The summed E-state index contributed by atoms with van der Waals surface area (Å²) in [6.45, 7) is 0. The highest BCUT2D eigenvalue weighted by molar-refractivity contribution is 7.71. The van der Waals surface area contributed by atoms with E-state index in [1.807, 2.05) is 24.3 Å². The molecule has 6 nitrogen and oxygen atoms in total. The average Bonchev–Trinajstić information content (AvgIpc) is 2.89. The Hall–Kier alpha value is -2.41. The quantitative estimate of drug-likeness (QED) is 0.698. The number of hydrogen-bond donors (Lipinski definition) is 2. The molecule has 7 heteroatoms. The molecule has 0 saturated carbocycles. The van der Waals surface area contributed by atoms with Crippen molar-refractivity contribution in [2.24, 2.45) is 0 Å². The number of rotatable bonds is 2. The van der Waals surface area contributed by atoms with Gasteiger partial charge in [-0.1, -0.05) is 0 Å². The summed E-state index contributed by atoms with van der Waals surface area (Å²) in [5.41, 5.74) is 1.42. The summed E-state index contributed by atoms with van der Waals surface area (Å²) in [4.78, 5) is 21.3. The van der Waals surface area contributed by atoms with Crippen molar-refractivity contribution in [1.29, 1.82) is 0 Å². The topological polar surface area (TPSA) is 75.7 Å². The van der Waals surface area contributed by atoms with Crippen molar-refractivity contribution < 1.29 is 4.74 Å². The Balaban J connectivity index is 2.32. The number of fused-ring (bicyclic) bond motifs is 1. The van der Waals surface area contributed by atoms with Gasteiger partial charge in [-0.05, 0) is 36.5 Å². The first-order valence-corrected chi connectivity index (χ1v) is 5.94. The Kier molecular flexibility index (Phi) is 2.68. The van der Waals surface area contributed by atoms with Gasteiger partial charge in [0, 0.05) is 0 Å². The lowest BCUT2D eigenvalue weighted by atomic mass is 10.3. The number of benzene rings is 1. The predicted octanol–water partition coefficient (Wildman–Crippen LogP) is 1.78. The first kappa shape index (κ1) is 11.7. The van der Waals surface area contributed by atoms with Gasteiger partial charge < -0.3 is 9.72 Å². The minimum absolute atomic E-state index is 0.276. The molecule has 0 aliphatic heterocycles. The van der Waals surface area contributed by atoms with E-state index in [4.69, 9.17) is 17.0 Å². The zero-order valence-electron chi connectivity index (χ0n) is 10.0. The number of aromatic amines is 2. The summed E-state index contributed by atoms with van der Waals surface area (Å²) in [5, 5.41) is 0. The Morgan fingerprint density at radius 3 is 2.74 bits per heavy atom. The van der Waals surface area contributed by atoms with Crippen LogP contribution in [0, 0.1) is 4.77 Å². The van der Waals surface area contributed by atoms with Crippen LogP contribution in [0.5, 0.6) is 5.75 Å². The van der Waals surface area contributed by atoms with E-state index >= 15 is 0 Å². The minimum atomic E-state index is -0.276. The van der Waals surface area contributed by atoms with Crippen LogP contribution in [-0.4, -0.2) is 26.6 Å². The molecular formula is C12H10N4O2S. The molecule has 0 atom stereocenters. The average molecular weight is 274 g/mol. The SMILES string of the molecule is COc1ccc(-n2c(=S)[nH]c(=O)c3[nH]cnc32)cc1. The lowest BCUT2D eigenvalue weighted by Gasteiger charge is -2.08. The van der Waals surface area contributed by atoms with Crippen molar-refractivity contribution in [3.63, 3.8) is 0 Å². The number of hydrogen-bond acceptors (Lipinski definition) is 4. The summed E-state index contributed by atoms with van der Waals surface area (Å²) in [5.74, 6) is 0.748. The monoisotopic (exact) mass is 274 g/mol. The Labute approximate surface area is 112 Å². The molecule has 3 rings (SSSR count). The third kappa shape index (κ3) is 1.84. The van der Waals surface area contributed by atoms with E-state index in [-0.39, 0.29) is 5.56 Å². The van der Waals surface area contributed by atoms with Gasteiger partial charge in [-0.2, -0.15) is 0 Å². The molecule has 2 N–H and O–H groups in total. The molecule has 0 saturated heterocycles. The zero-order chi connectivity index (χ0) is 13.4. The molecule has 0 aliphatic rings. The third-order valence-corrected chi connectivity index (χ3v) is 3.10. The van der Waals surface area contributed by atoms with Gasteiger partial charge in [-0.25, -0.2) is 4.98 Å². The molecule has 3 aromatic rings. The summed E-state index contributed by atoms with van der Waals surface area (Å²) in [6.07, 6.45) is 1.47. The van der Waals surface area contributed by atoms with Gasteiger partial charge in [0.25, 0.3) is 5.56 Å². The summed E-state index contributed by atoms with van der Waals surface area (Å²) >= 11 is 5.20. The molecular weight excluding hydrogens is 264 g/mol. The number of nitrogens with one attached hydrogen (secondary N) is 2. The van der Waals surface area contributed by atoms with Crippen LogP contribution in [0.15, 0.2) is 35.4 Å². The fourth-order valence-electron chi connectivity index (χ4n) is 1.91. The van der Waals surface area contributed by atoms with Crippen LogP contribution in [0.25, 0.3) is 16.9 Å². The molecule has 0 spiro atoms. The maximum absolute atomic E-state index is 11.7. The maximum atomic E-state index is 11.7. The molecule has 96 valence electrons. The fourth-order valence-corrected chi connectivity index (χ4v) is 2.19. The summed E-state index contributed by atoms with van der Waals surface area (Å²) < 4.78 is 7.11. The first-order valence-electron chi connectivity index (χ1n) is 5.53. The largest absolute Gasteiger partial charge is 0.497 e. The normalized spacial score (nSPS) is 10.8. The second-order valence-electron chi connectivity index (χ2n) is 3.89. The highest BCUT2D eigenvalue weighted by Gasteiger charge is 2.09. The van der Waals surface area contributed by atoms with Crippen molar-refractivity contribution in [3.8, 4) is 11.4 Å². The molecule has 19 heavy (non-hydrogen) atoms. The second-order valence-corrected chi connectivity index (χ2v) is 4.28. The minimum Gasteiger partial charge on any atom is -0.497 e. The van der Waals surface area contributed by atoms with Crippen LogP contribution < -0.4 is 10.3 Å². The Bertz CT molecular complexity index is 845. The van der Waals surface area contributed by atoms with Gasteiger partial charge in [-0.15, -0.1) is 0 Å². The summed E-state index contributed by atoms with van der Waals surface area (Å²) in [6, 6.07) is 7.34. The van der Waals surface area contributed by atoms with Crippen molar-refractivity contribution >= 4 is 23.4 Å². The van der Waals surface area contributed by atoms with Gasteiger partial charge in [-0.3, -0.25) is 14.3 Å². The molecule has 0 fully saturated rings. The van der Waals surface area contributed by atoms with E-state index in [9.17, 15) is 4.79 Å². The number of methoxy groups -OCH3 is 1. The molecule has 2 aromatic heterocycles. The highest BCUT2D eigenvalue weighted by Crippen LogP contribution is 2.17. The molecule has 0 amide bonds. The van der Waals surface area contributed by atoms with Crippen LogP contribution in [0.2, 0.25) is 0 Å². The van der Waals surface area contributed by atoms with Crippen LogP contribution in [0.3, 0.4) is 0 Å². The lowest BCUT2D eigenvalue weighted by molar-refractivity contribution is 0.414. The van der Waals surface area contributed by atoms with Gasteiger partial charge >= 0.3 is 0 Å². The number of nitrogens with zero attached hydrogens (tertiary/aromatic N) is 2. The predicted molar refractivity (Wildman–Crippen MR) is 73.4 cm³/mol. The highest BCUT2D eigenvalue weighted by atomic mass is 32.1. The van der Waals surface area contributed by atoms with E-state index in [0.29, 0.717) is 15.9 Å². The molecule has 0 unspecified atom stereocenters. The number of H-pyrrole nitrogens is 2. The first-order chi connectivity index (χ1) is 9.20. The van der Waals surface area contributed by atoms with Crippen LogP contribution in [0.4, 0.5) is 0 Å². The second kappa shape index (κ2) is 4.36. The van der Waals surface area contributed by atoms with E-state index in [1.54, 1.807) is 11.7 Å². The van der Waals surface area contributed by atoms with Gasteiger partial charge in [0.2, 0.25) is 0 Å². The maximum Gasteiger partial charge on any atom is 0.277 e. The smallest absolute Gasteiger partial charge is 0.277 e. The van der Waals surface area contributed by atoms with Crippen molar-refractivity contribution in [2.45, 2.75) is 0 Å². The molecule has 0 aliphatic carbocycles. The van der Waals surface area contributed by atoms with Gasteiger partial charge in [0.15, 0.2) is 10.4 Å². The lowest BCUT2D eigenvalue weighted by Crippen LogP contribution is -2.13. The van der Waals surface area contributed by atoms with Crippen LogP contribution in [-0.2, 0) is 0 Å². The van der Waals surface area contributed by atoms with Crippen molar-refractivity contribution in [3.05, 3.63) is 45.7 Å². The number of ether oxygens (including phenoxy) is 1. The molecule has 0 bridgehead atoms.